The number of esters is 1. The summed E-state index contributed by atoms with van der Waals surface area (Å²) in [5, 5.41) is 1.19. The lowest BCUT2D eigenvalue weighted by atomic mass is 10.1. The highest BCUT2D eigenvalue weighted by molar-refractivity contribution is 5.96. The number of nitrogen functional groups attached to an aromatic ring is 1. The van der Waals surface area contributed by atoms with Crippen molar-refractivity contribution in [1.29, 1.82) is 0 Å². The lowest BCUT2D eigenvalue weighted by Gasteiger charge is -2.01. The Labute approximate surface area is 120 Å². The first kappa shape index (κ1) is 13.2. The minimum absolute atomic E-state index is 0.205. The van der Waals surface area contributed by atoms with E-state index in [-0.39, 0.29) is 5.43 Å². The van der Waals surface area contributed by atoms with Crippen molar-refractivity contribution in [2.45, 2.75) is 6.92 Å². The summed E-state index contributed by atoms with van der Waals surface area (Å²) in [6.45, 7) is 2.03. The first-order valence-electron chi connectivity index (χ1n) is 6.62. The number of aromatic nitrogens is 1. The Bertz CT molecular complexity index is 912. The molecule has 0 radical (unpaired) electrons. The van der Waals surface area contributed by atoms with Crippen LogP contribution in [0, 0.1) is 0 Å². The highest BCUT2D eigenvalue weighted by Crippen LogP contribution is 2.17. The smallest absolute Gasteiger partial charge is 0.338 e. The van der Waals surface area contributed by atoms with E-state index in [0.717, 1.165) is 5.39 Å². The van der Waals surface area contributed by atoms with Gasteiger partial charge in [-0.2, -0.15) is 0 Å². The molecule has 106 valence electrons. The molecule has 0 fully saturated rings. The van der Waals surface area contributed by atoms with Crippen LogP contribution in [0.2, 0.25) is 0 Å². The van der Waals surface area contributed by atoms with Crippen LogP contribution in [0.3, 0.4) is 0 Å². The number of nitrogens with zero attached hydrogens (tertiary/aromatic N) is 1. The Morgan fingerprint density at radius 1 is 1.24 bits per heavy atom. The maximum Gasteiger partial charge on any atom is 0.338 e. The summed E-state index contributed by atoms with van der Waals surface area (Å²) >= 11 is 0. The Kier molecular flexibility index (Phi) is 3.10. The zero-order valence-corrected chi connectivity index (χ0v) is 11.5. The summed E-state index contributed by atoms with van der Waals surface area (Å²) in [4.78, 5) is 24.5. The van der Waals surface area contributed by atoms with E-state index in [2.05, 4.69) is 0 Å². The zero-order valence-electron chi connectivity index (χ0n) is 11.5. The van der Waals surface area contributed by atoms with E-state index in [4.69, 9.17) is 10.5 Å². The molecule has 0 aliphatic rings. The van der Waals surface area contributed by atoms with Crippen molar-refractivity contribution in [1.82, 2.24) is 4.40 Å². The summed E-state index contributed by atoms with van der Waals surface area (Å²) in [7, 11) is 0. The van der Waals surface area contributed by atoms with E-state index < -0.39 is 5.97 Å². The van der Waals surface area contributed by atoms with E-state index in [1.165, 1.54) is 0 Å². The Morgan fingerprint density at radius 3 is 2.76 bits per heavy atom. The summed E-state index contributed by atoms with van der Waals surface area (Å²) in [5.41, 5.74) is 6.83. The Hall–Kier alpha value is -2.82. The number of anilines is 1. The fourth-order valence-electron chi connectivity index (χ4n) is 2.36. The highest BCUT2D eigenvalue weighted by atomic mass is 16.5. The third-order valence-electron chi connectivity index (χ3n) is 3.39. The first-order valence-corrected chi connectivity index (χ1v) is 6.62. The summed E-state index contributed by atoms with van der Waals surface area (Å²) < 4.78 is 6.65. The molecular weight excluding hydrogens is 268 g/mol. The van der Waals surface area contributed by atoms with Crippen LogP contribution in [0.1, 0.15) is 17.3 Å². The van der Waals surface area contributed by atoms with Crippen molar-refractivity contribution in [3.05, 3.63) is 58.5 Å². The molecule has 0 spiro atoms. The lowest BCUT2D eigenvalue weighted by Crippen LogP contribution is -2.07. The highest BCUT2D eigenvalue weighted by Gasteiger charge is 2.10. The van der Waals surface area contributed by atoms with Crippen molar-refractivity contribution >= 4 is 27.9 Å². The van der Waals surface area contributed by atoms with Crippen LogP contribution in [0.4, 0.5) is 5.69 Å². The normalized spacial score (nSPS) is 10.9. The Morgan fingerprint density at radius 2 is 2.00 bits per heavy atom. The molecule has 2 aromatic heterocycles. The molecule has 2 N–H and O–H groups in total. The molecule has 0 saturated carbocycles. The zero-order chi connectivity index (χ0) is 15.0. The van der Waals surface area contributed by atoms with Crippen molar-refractivity contribution in [2.24, 2.45) is 0 Å². The van der Waals surface area contributed by atoms with Gasteiger partial charge in [-0.3, -0.25) is 4.79 Å². The summed E-state index contributed by atoms with van der Waals surface area (Å²) in [5.74, 6) is -0.440. The van der Waals surface area contributed by atoms with Gasteiger partial charge in [0.1, 0.15) is 5.52 Å². The number of hydrogen-bond acceptors (Lipinski definition) is 4. The van der Waals surface area contributed by atoms with Crippen LogP contribution in [-0.2, 0) is 4.74 Å². The predicted octanol–water partition coefficient (Wildman–Crippen LogP) is 2.21. The fraction of sp³-hybridized carbons (Fsp3) is 0.125. The van der Waals surface area contributed by atoms with Gasteiger partial charge in [0.05, 0.1) is 17.9 Å². The van der Waals surface area contributed by atoms with Crippen LogP contribution >= 0.6 is 0 Å². The van der Waals surface area contributed by atoms with Crippen molar-refractivity contribution < 1.29 is 9.53 Å². The number of fused-ring (bicyclic) bond motifs is 2. The van der Waals surface area contributed by atoms with Crippen LogP contribution in [0.15, 0.2) is 47.5 Å². The fourth-order valence-corrected chi connectivity index (χ4v) is 2.36. The van der Waals surface area contributed by atoms with Gasteiger partial charge in [-0.1, -0.05) is 6.07 Å². The molecule has 0 amide bonds. The van der Waals surface area contributed by atoms with Crippen LogP contribution < -0.4 is 11.2 Å². The molecule has 5 heteroatoms. The van der Waals surface area contributed by atoms with Crippen LogP contribution in [0.5, 0.6) is 0 Å². The van der Waals surface area contributed by atoms with E-state index in [9.17, 15) is 9.59 Å². The molecule has 1 aromatic carbocycles. The molecule has 3 aromatic rings. The van der Waals surface area contributed by atoms with Gasteiger partial charge in [0, 0.05) is 17.8 Å². The van der Waals surface area contributed by atoms with Crippen molar-refractivity contribution in [3.8, 4) is 0 Å². The molecule has 0 unspecified atom stereocenters. The van der Waals surface area contributed by atoms with Crippen molar-refractivity contribution in [3.63, 3.8) is 0 Å². The summed E-state index contributed by atoms with van der Waals surface area (Å²) in [6.07, 6.45) is 3.51. The third-order valence-corrected chi connectivity index (χ3v) is 3.39. The molecule has 5 nitrogen and oxygen atoms in total. The Balaban J connectivity index is 2.36. The van der Waals surface area contributed by atoms with E-state index in [1.54, 1.807) is 48.0 Å². The second-order valence-electron chi connectivity index (χ2n) is 4.69. The summed E-state index contributed by atoms with van der Waals surface area (Å²) in [6, 6.07) is 8.44. The second-order valence-corrected chi connectivity index (χ2v) is 4.69. The maximum absolute atomic E-state index is 12.6. The number of carbonyl (C=O) groups is 1. The number of benzene rings is 1. The SMILES string of the molecule is CCOC(=O)c1ccc2ccn3ccc(N)c3c(=O)c2c1. The standard InChI is InChI=1S/C16H14N2O3/c1-2-21-16(20)11-4-3-10-5-7-18-8-6-13(17)14(18)15(19)12(10)9-11/h3-9H,2,17H2,1H3. The number of carbonyl (C=O) groups excluding carboxylic acids is 1. The first-order chi connectivity index (χ1) is 10.1. The predicted molar refractivity (Wildman–Crippen MR) is 81.5 cm³/mol. The van der Waals surface area contributed by atoms with Gasteiger partial charge in [-0.25, -0.2) is 4.79 Å². The lowest BCUT2D eigenvalue weighted by molar-refractivity contribution is 0.0526. The van der Waals surface area contributed by atoms with Gasteiger partial charge < -0.3 is 14.9 Å². The molecular formula is C16H14N2O3. The molecule has 2 heterocycles. The molecule has 0 atom stereocenters. The van der Waals surface area contributed by atoms with E-state index >= 15 is 0 Å². The number of hydrogen-bond donors (Lipinski definition) is 1. The number of rotatable bonds is 2. The number of ether oxygens (including phenoxy) is 1. The van der Waals surface area contributed by atoms with Gasteiger partial charge in [0.2, 0.25) is 5.43 Å². The van der Waals surface area contributed by atoms with Gasteiger partial charge in [-0.15, -0.1) is 0 Å². The molecule has 0 aliphatic carbocycles. The minimum atomic E-state index is -0.440. The maximum atomic E-state index is 12.6. The van der Waals surface area contributed by atoms with E-state index in [0.29, 0.717) is 28.8 Å². The van der Waals surface area contributed by atoms with E-state index in [1.807, 2.05) is 6.07 Å². The minimum Gasteiger partial charge on any atom is -0.462 e. The van der Waals surface area contributed by atoms with Crippen molar-refractivity contribution in [2.75, 3.05) is 12.3 Å². The van der Waals surface area contributed by atoms with Gasteiger partial charge >= 0.3 is 5.97 Å². The topological polar surface area (TPSA) is 73.8 Å². The average molecular weight is 282 g/mol. The average Bonchev–Trinajstić information content (AvgIpc) is 2.78. The molecule has 3 rings (SSSR count). The van der Waals surface area contributed by atoms with Crippen LogP contribution in [0.25, 0.3) is 16.3 Å². The second kappa shape index (κ2) is 4.94. The number of nitrogens with two attached hydrogens (primary N) is 1. The molecule has 0 saturated heterocycles. The van der Waals surface area contributed by atoms with Crippen LogP contribution in [-0.4, -0.2) is 17.0 Å². The van der Waals surface area contributed by atoms with Gasteiger partial charge in [0.15, 0.2) is 0 Å². The molecule has 0 bridgehead atoms. The monoisotopic (exact) mass is 282 g/mol. The third kappa shape index (κ3) is 2.12. The largest absolute Gasteiger partial charge is 0.462 e. The van der Waals surface area contributed by atoms with Gasteiger partial charge in [0.25, 0.3) is 0 Å². The molecule has 0 aliphatic heterocycles. The van der Waals surface area contributed by atoms with Gasteiger partial charge in [-0.05, 0) is 36.6 Å². The quantitative estimate of drug-likeness (QED) is 0.731. The molecule has 21 heavy (non-hydrogen) atoms.